The van der Waals surface area contributed by atoms with Crippen LogP contribution in [0, 0.1) is 0 Å². The van der Waals surface area contributed by atoms with E-state index in [0.29, 0.717) is 0 Å². The van der Waals surface area contributed by atoms with Crippen molar-refractivity contribution in [1.29, 1.82) is 0 Å². The van der Waals surface area contributed by atoms with Crippen LogP contribution in [0.2, 0.25) is 0 Å². The Morgan fingerprint density at radius 3 is 1.33 bits per heavy atom. The predicted octanol–water partition coefficient (Wildman–Crippen LogP) is -1.30. The van der Waals surface area contributed by atoms with Crippen molar-refractivity contribution in [1.82, 2.24) is 0 Å². The summed E-state index contributed by atoms with van der Waals surface area (Å²) in [6.45, 7) is 1.93. The molecule has 3 N–H and O–H groups in total. The zero-order valence-corrected chi connectivity index (χ0v) is 5.09. The normalized spacial score (nSPS) is 8.44. The van der Waals surface area contributed by atoms with Crippen molar-refractivity contribution in [2.45, 2.75) is 6.92 Å². The molecule has 0 fully saturated rings. The second kappa shape index (κ2) is 9.47. The van der Waals surface area contributed by atoms with Crippen LogP contribution >= 0.6 is 0 Å². The topological polar surface area (TPSA) is 94.8 Å². The van der Waals surface area contributed by atoms with Gasteiger partial charge >= 0.3 is 61.8 Å². The third kappa shape index (κ3) is 245. The molecule has 54 valence electrons. The molecule has 0 radical (unpaired) electrons. The molecule has 0 saturated carbocycles. The van der Waals surface area contributed by atoms with Crippen molar-refractivity contribution < 1.29 is 22.6 Å². The molecule has 0 amide bonds. The van der Waals surface area contributed by atoms with Gasteiger partial charge in [0.25, 0.3) is 0 Å². The fourth-order valence-electron chi connectivity index (χ4n) is 0. The zero-order chi connectivity index (χ0) is 7.21. The zero-order valence-electron chi connectivity index (χ0n) is 4.27. The van der Waals surface area contributed by atoms with Crippen molar-refractivity contribution in [2.24, 2.45) is 0 Å². The van der Waals surface area contributed by atoms with Gasteiger partial charge in [-0.3, -0.25) is 9.11 Å². The van der Waals surface area contributed by atoms with Gasteiger partial charge in [0.15, 0.2) is 0 Å². The van der Waals surface area contributed by atoms with Gasteiger partial charge in [0.05, 0.1) is 0 Å². The van der Waals surface area contributed by atoms with Gasteiger partial charge in [-0.2, -0.15) is 8.42 Å². The second-order valence-electron chi connectivity index (χ2n) is 0.764. The maximum atomic E-state index is 8.74. The SMILES string of the molecule is CCO.O=S(=O)(O)O.[KH]. The first-order valence-electron chi connectivity index (χ1n) is 1.72. The van der Waals surface area contributed by atoms with Gasteiger partial charge < -0.3 is 5.11 Å². The van der Waals surface area contributed by atoms with Crippen LogP contribution in [0.5, 0.6) is 0 Å². The molecule has 0 aromatic carbocycles. The molecule has 0 spiro atoms. The molecule has 0 aliphatic heterocycles. The molecule has 0 atom stereocenters. The van der Waals surface area contributed by atoms with Crippen molar-refractivity contribution in [2.75, 3.05) is 6.61 Å². The summed E-state index contributed by atoms with van der Waals surface area (Å²) in [4.78, 5) is 0. The molecule has 0 aromatic heterocycles. The van der Waals surface area contributed by atoms with Gasteiger partial charge in [0.2, 0.25) is 0 Å². The predicted molar refractivity (Wildman–Crippen MR) is 34.1 cm³/mol. The van der Waals surface area contributed by atoms with Crippen LogP contribution in [-0.4, -0.2) is 80.6 Å². The molecular weight excluding hydrogens is 175 g/mol. The van der Waals surface area contributed by atoms with Crippen LogP contribution in [0.25, 0.3) is 0 Å². The first-order chi connectivity index (χ1) is 3.41. The Morgan fingerprint density at radius 1 is 1.33 bits per heavy atom. The molecule has 0 bridgehead atoms. The summed E-state index contributed by atoms with van der Waals surface area (Å²) < 4.78 is 31.6. The fourth-order valence-corrected chi connectivity index (χ4v) is 0. The van der Waals surface area contributed by atoms with Gasteiger partial charge in [-0.1, -0.05) is 0 Å². The fraction of sp³-hybridized carbons (Fsp3) is 1.00. The Kier molecular flexibility index (Phi) is 17.7. The summed E-state index contributed by atoms with van der Waals surface area (Å²) in [6, 6.07) is 0. The van der Waals surface area contributed by atoms with Crippen LogP contribution in [-0.2, 0) is 10.4 Å². The van der Waals surface area contributed by atoms with E-state index in [1.54, 1.807) is 6.92 Å². The molecule has 9 heavy (non-hydrogen) atoms. The van der Waals surface area contributed by atoms with E-state index in [1.807, 2.05) is 0 Å². The van der Waals surface area contributed by atoms with Crippen LogP contribution in [0.15, 0.2) is 0 Å². The van der Waals surface area contributed by atoms with E-state index in [0.717, 1.165) is 0 Å². The van der Waals surface area contributed by atoms with Crippen LogP contribution in [0.4, 0.5) is 0 Å². The summed E-state index contributed by atoms with van der Waals surface area (Å²) in [5, 5.41) is 7.57. The summed E-state index contributed by atoms with van der Waals surface area (Å²) in [5.41, 5.74) is 0. The van der Waals surface area contributed by atoms with E-state index in [2.05, 4.69) is 0 Å². The standard InChI is InChI=1S/C2H6O.K.H2O4S.H/c1-2-3;;1-5(2,3)4;/h3H,2H2,1H3;;(H2,1,2,3,4);. The van der Waals surface area contributed by atoms with Crippen molar-refractivity contribution in [3.8, 4) is 0 Å². The molecular formula is C2H9KO5S. The average Bonchev–Trinajstić information content (AvgIpc) is 1.27. The number of aliphatic hydroxyl groups is 1. The van der Waals surface area contributed by atoms with Gasteiger partial charge in [-0.05, 0) is 6.92 Å². The first kappa shape index (κ1) is 16.8. The van der Waals surface area contributed by atoms with Gasteiger partial charge in [-0.25, -0.2) is 0 Å². The van der Waals surface area contributed by atoms with E-state index < -0.39 is 10.4 Å². The third-order valence-corrected chi connectivity index (χ3v) is 0. The maximum absolute atomic E-state index is 8.74. The van der Waals surface area contributed by atoms with Crippen LogP contribution in [0.1, 0.15) is 6.92 Å². The Hall–Kier alpha value is 1.47. The molecule has 0 heterocycles. The number of hydrogen-bond donors (Lipinski definition) is 3. The second-order valence-corrected chi connectivity index (χ2v) is 1.66. The quantitative estimate of drug-likeness (QED) is 0.321. The van der Waals surface area contributed by atoms with E-state index in [1.165, 1.54) is 0 Å². The monoisotopic (exact) mass is 184 g/mol. The Morgan fingerprint density at radius 2 is 1.33 bits per heavy atom. The van der Waals surface area contributed by atoms with E-state index >= 15 is 0 Å². The summed E-state index contributed by atoms with van der Waals surface area (Å²) in [7, 11) is -4.67. The van der Waals surface area contributed by atoms with Crippen molar-refractivity contribution in [3.63, 3.8) is 0 Å². The Bertz CT molecular complexity index is 109. The Balaban J connectivity index is -0.0000000800. The molecule has 5 nitrogen and oxygen atoms in total. The summed E-state index contributed by atoms with van der Waals surface area (Å²) >= 11 is 0. The molecule has 0 unspecified atom stereocenters. The van der Waals surface area contributed by atoms with E-state index in [4.69, 9.17) is 22.6 Å². The van der Waals surface area contributed by atoms with Crippen LogP contribution < -0.4 is 0 Å². The minimum absolute atomic E-state index is 0. The van der Waals surface area contributed by atoms with E-state index in [9.17, 15) is 0 Å². The summed E-state index contributed by atoms with van der Waals surface area (Å²) in [6.07, 6.45) is 0. The van der Waals surface area contributed by atoms with Crippen molar-refractivity contribution >= 4 is 61.8 Å². The third-order valence-electron chi connectivity index (χ3n) is 0. The van der Waals surface area contributed by atoms with Crippen LogP contribution in [0.3, 0.4) is 0 Å². The molecule has 0 aliphatic carbocycles. The molecule has 0 aliphatic rings. The number of rotatable bonds is 0. The van der Waals surface area contributed by atoms with E-state index in [-0.39, 0.29) is 58.0 Å². The molecule has 7 heteroatoms. The molecule has 0 aromatic rings. The summed E-state index contributed by atoms with van der Waals surface area (Å²) in [5.74, 6) is 0. The average molecular weight is 184 g/mol. The van der Waals surface area contributed by atoms with Gasteiger partial charge in [0, 0.05) is 6.61 Å². The Labute approximate surface area is 96.5 Å². The number of hydrogen-bond acceptors (Lipinski definition) is 3. The first-order valence-corrected chi connectivity index (χ1v) is 3.12. The molecule has 0 saturated heterocycles. The van der Waals surface area contributed by atoms with Gasteiger partial charge in [0.1, 0.15) is 0 Å². The number of aliphatic hydroxyl groups excluding tert-OH is 1. The molecule has 0 rings (SSSR count). The minimum atomic E-state index is -4.67. The van der Waals surface area contributed by atoms with Gasteiger partial charge in [-0.15, -0.1) is 0 Å². The van der Waals surface area contributed by atoms with Crippen molar-refractivity contribution in [3.05, 3.63) is 0 Å².